The summed E-state index contributed by atoms with van der Waals surface area (Å²) < 4.78 is 5.83. The fourth-order valence-corrected chi connectivity index (χ4v) is 1.80. The smallest absolute Gasteiger partial charge is 0.259 e. The summed E-state index contributed by atoms with van der Waals surface area (Å²) in [5.41, 5.74) is 7.49. The van der Waals surface area contributed by atoms with E-state index in [-0.39, 0.29) is 5.91 Å². The van der Waals surface area contributed by atoms with Gasteiger partial charge in [0.05, 0.1) is 11.8 Å². The van der Waals surface area contributed by atoms with Crippen molar-refractivity contribution in [3.05, 3.63) is 46.3 Å². The van der Waals surface area contributed by atoms with Gasteiger partial charge in [0.1, 0.15) is 5.76 Å². The number of hydrogen-bond acceptors (Lipinski definition) is 3. The standard InChI is InChI=1S/C12H11BrN2O2/c1-7-9(4-5-17-7)12(16)15-8-2-3-11(14)10(13)6-8/h2-6H,14H2,1H3,(H,15,16). The minimum absolute atomic E-state index is 0.201. The van der Waals surface area contributed by atoms with E-state index in [0.717, 1.165) is 4.47 Å². The van der Waals surface area contributed by atoms with E-state index < -0.39 is 0 Å². The number of halogens is 1. The molecule has 4 nitrogen and oxygen atoms in total. The van der Waals surface area contributed by atoms with Crippen LogP contribution in [0, 0.1) is 6.92 Å². The van der Waals surface area contributed by atoms with Gasteiger partial charge < -0.3 is 15.5 Å². The molecule has 1 amide bonds. The number of rotatable bonds is 2. The largest absolute Gasteiger partial charge is 0.469 e. The Bertz CT molecular complexity index is 563. The van der Waals surface area contributed by atoms with E-state index >= 15 is 0 Å². The maximum absolute atomic E-state index is 11.9. The van der Waals surface area contributed by atoms with Crippen molar-refractivity contribution in [2.24, 2.45) is 0 Å². The van der Waals surface area contributed by atoms with Crippen LogP contribution in [0.2, 0.25) is 0 Å². The zero-order valence-electron chi connectivity index (χ0n) is 9.16. The number of carbonyl (C=O) groups is 1. The normalized spacial score (nSPS) is 10.2. The van der Waals surface area contributed by atoms with Gasteiger partial charge in [-0.2, -0.15) is 0 Å². The number of aryl methyl sites for hydroxylation is 1. The highest BCUT2D eigenvalue weighted by atomic mass is 79.9. The highest BCUT2D eigenvalue weighted by Gasteiger charge is 2.11. The molecule has 2 rings (SSSR count). The van der Waals surface area contributed by atoms with E-state index in [9.17, 15) is 4.79 Å². The molecule has 0 aliphatic carbocycles. The van der Waals surface area contributed by atoms with Crippen molar-refractivity contribution in [3.8, 4) is 0 Å². The molecule has 5 heteroatoms. The number of furan rings is 1. The number of nitrogen functional groups attached to an aromatic ring is 1. The lowest BCUT2D eigenvalue weighted by Crippen LogP contribution is -2.12. The number of nitrogens with one attached hydrogen (secondary N) is 1. The first-order valence-corrected chi connectivity index (χ1v) is 5.77. The SMILES string of the molecule is Cc1occc1C(=O)Nc1ccc(N)c(Br)c1. The number of nitrogens with two attached hydrogens (primary N) is 1. The van der Waals surface area contributed by atoms with Crippen LogP contribution in [0.3, 0.4) is 0 Å². The van der Waals surface area contributed by atoms with Crippen LogP contribution in [-0.4, -0.2) is 5.91 Å². The molecule has 1 heterocycles. The lowest BCUT2D eigenvalue weighted by molar-refractivity contribution is 0.102. The third-order valence-corrected chi connectivity index (χ3v) is 3.05. The third-order valence-electron chi connectivity index (χ3n) is 2.36. The van der Waals surface area contributed by atoms with Crippen molar-refractivity contribution < 1.29 is 9.21 Å². The summed E-state index contributed by atoms with van der Waals surface area (Å²) in [6.45, 7) is 1.74. The fourth-order valence-electron chi connectivity index (χ4n) is 1.42. The van der Waals surface area contributed by atoms with E-state index in [1.807, 2.05) is 0 Å². The zero-order chi connectivity index (χ0) is 12.4. The quantitative estimate of drug-likeness (QED) is 0.836. The Morgan fingerprint density at radius 1 is 1.41 bits per heavy atom. The monoisotopic (exact) mass is 294 g/mol. The summed E-state index contributed by atoms with van der Waals surface area (Å²) in [4.78, 5) is 11.9. The van der Waals surface area contributed by atoms with Gasteiger partial charge in [-0.1, -0.05) is 0 Å². The summed E-state index contributed by atoms with van der Waals surface area (Å²) in [7, 11) is 0. The van der Waals surface area contributed by atoms with Crippen molar-refractivity contribution in [3.63, 3.8) is 0 Å². The number of benzene rings is 1. The number of carbonyl (C=O) groups excluding carboxylic acids is 1. The van der Waals surface area contributed by atoms with E-state index in [1.54, 1.807) is 31.2 Å². The Hall–Kier alpha value is -1.75. The van der Waals surface area contributed by atoms with Gasteiger partial charge in [0.2, 0.25) is 0 Å². The number of anilines is 2. The predicted molar refractivity (Wildman–Crippen MR) is 70.0 cm³/mol. The molecular weight excluding hydrogens is 284 g/mol. The van der Waals surface area contributed by atoms with Gasteiger partial charge in [-0.05, 0) is 47.1 Å². The molecule has 3 N–H and O–H groups in total. The Kier molecular flexibility index (Phi) is 3.19. The minimum atomic E-state index is -0.201. The van der Waals surface area contributed by atoms with E-state index in [4.69, 9.17) is 10.2 Å². The maximum Gasteiger partial charge on any atom is 0.259 e. The second kappa shape index (κ2) is 4.63. The first-order valence-electron chi connectivity index (χ1n) is 4.98. The molecule has 0 spiro atoms. The van der Waals surface area contributed by atoms with Gasteiger partial charge in [-0.25, -0.2) is 0 Å². The first kappa shape index (κ1) is 11.7. The molecule has 0 atom stereocenters. The van der Waals surface area contributed by atoms with Crippen LogP contribution in [0.4, 0.5) is 11.4 Å². The molecule has 0 saturated heterocycles. The van der Waals surface area contributed by atoms with Gasteiger partial charge in [0.25, 0.3) is 5.91 Å². The molecule has 0 aliphatic rings. The Morgan fingerprint density at radius 2 is 2.18 bits per heavy atom. The van der Waals surface area contributed by atoms with Gasteiger partial charge in [0.15, 0.2) is 0 Å². The first-order chi connectivity index (χ1) is 8.08. The molecule has 0 fully saturated rings. The van der Waals surface area contributed by atoms with Crippen molar-refractivity contribution >= 4 is 33.2 Å². The third kappa shape index (κ3) is 2.50. The maximum atomic E-state index is 11.9. The van der Waals surface area contributed by atoms with Crippen LogP contribution in [0.15, 0.2) is 39.4 Å². The summed E-state index contributed by atoms with van der Waals surface area (Å²) in [6.07, 6.45) is 1.49. The van der Waals surface area contributed by atoms with E-state index in [2.05, 4.69) is 21.2 Å². The molecule has 88 valence electrons. The predicted octanol–water partition coefficient (Wildman–Crippen LogP) is 3.19. The van der Waals surface area contributed by atoms with Crippen molar-refractivity contribution in [1.82, 2.24) is 0 Å². The fraction of sp³-hybridized carbons (Fsp3) is 0.0833. The van der Waals surface area contributed by atoms with Crippen LogP contribution < -0.4 is 11.1 Å². The molecule has 0 unspecified atom stereocenters. The number of hydrogen-bond donors (Lipinski definition) is 2. The Morgan fingerprint density at radius 3 is 2.76 bits per heavy atom. The lowest BCUT2D eigenvalue weighted by atomic mass is 10.2. The van der Waals surface area contributed by atoms with Gasteiger partial charge in [-0.15, -0.1) is 0 Å². The molecule has 0 radical (unpaired) electrons. The van der Waals surface area contributed by atoms with E-state index in [1.165, 1.54) is 6.26 Å². The van der Waals surface area contributed by atoms with Crippen LogP contribution in [0.1, 0.15) is 16.1 Å². The summed E-state index contributed by atoms with van der Waals surface area (Å²) >= 11 is 3.30. The zero-order valence-corrected chi connectivity index (χ0v) is 10.7. The van der Waals surface area contributed by atoms with Crippen LogP contribution in [0.25, 0.3) is 0 Å². The molecule has 1 aromatic heterocycles. The van der Waals surface area contributed by atoms with Crippen LogP contribution >= 0.6 is 15.9 Å². The molecule has 1 aromatic carbocycles. The molecule has 17 heavy (non-hydrogen) atoms. The Labute approximate surface area is 107 Å². The van der Waals surface area contributed by atoms with Gasteiger partial charge >= 0.3 is 0 Å². The molecule has 0 bridgehead atoms. The summed E-state index contributed by atoms with van der Waals surface area (Å²) in [5.74, 6) is 0.393. The highest BCUT2D eigenvalue weighted by molar-refractivity contribution is 9.10. The highest BCUT2D eigenvalue weighted by Crippen LogP contribution is 2.23. The molecule has 0 saturated carbocycles. The average molecular weight is 295 g/mol. The van der Waals surface area contributed by atoms with Gasteiger partial charge in [0, 0.05) is 15.8 Å². The summed E-state index contributed by atoms with van der Waals surface area (Å²) in [5, 5.41) is 2.77. The Balaban J connectivity index is 2.19. The summed E-state index contributed by atoms with van der Waals surface area (Å²) in [6, 6.07) is 6.86. The van der Waals surface area contributed by atoms with Crippen LogP contribution in [-0.2, 0) is 0 Å². The topological polar surface area (TPSA) is 68.3 Å². The number of amides is 1. The van der Waals surface area contributed by atoms with Gasteiger partial charge in [-0.3, -0.25) is 4.79 Å². The molecule has 2 aromatic rings. The minimum Gasteiger partial charge on any atom is -0.469 e. The second-order valence-electron chi connectivity index (χ2n) is 3.58. The lowest BCUT2D eigenvalue weighted by Gasteiger charge is -2.06. The average Bonchev–Trinajstić information content (AvgIpc) is 2.70. The van der Waals surface area contributed by atoms with Crippen molar-refractivity contribution in [1.29, 1.82) is 0 Å². The van der Waals surface area contributed by atoms with Crippen LogP contribution in [0.5, 0.6) is 0 Å². The molecule has 0 aliphatic heterocycles. The molecular formula is C12H11BrN2O2. The van der Waals surface area contributed by atoms with Crippen molar-refractivity contribution in [2.75, 3.05) is 11.1 Å². The van der Waals surface area contributed by atoms with E-state index in [0.29, 0.717) is 22.7 Å². The van der Waals surface area contributed by atoms with Crippen molar-refractivity contribution in [2.45, 2.75) is 6.92 Å². The second-order valence-corrected chi connectivity index (χ2v) is 4.44.